The largest absolute Gasteiger partial charge is 0.334 e. The summed E-state index contributed by atoms with van der Waals surface area (Å²) in [4.78, 5) is 4.60. The fourth-order valence-corrected chi connectivity index (χ4v) is 3.56. The lowest BCUT2D eigenvalue weighted by Crippen LogP contribution is -2.39. The Labute approximate surface area is 130 Å². The molecule has 6 nitrogen and oxygen atoms in total. The molecule has 21 heavy (non-hydrogen) atoms. The van der Waals surface area contributed by atoms with Crippen LogP contribution in [-0.2, 0) is 0 Å². The predicted molar refractivity (Wildman–Crippen MR) is 81.0 cm³/mol. The second kappa shape index (κ2) is 5.49. The van der Waals surface area contributed by atoms with Crippen LogP contribution in [0.1, 0.15) is 31.0 Å². The van der Waals surface area contributed by atoms with Gasteiger partial charge in [0, 0.05) is 22.5 Å². The van der Waals surface area contributed by atoms with E-state index in [1.54, 1.807) is 0 Å². The monoisotopic (exact) mass is 349 g/mol. The van der Waals surface area contributed by atoms with Gasteiger partial charge in [0.05, 0.1) is 5.56 Å². The number of hydrazine groups is 2. The van der Waals surface area contributed by atoms with Crippen LogP contribution in [0, 0.1) is 0 Å². The van der Waals surface area contributed by atoms with Crippen LogP contribution < -0.4 is 16.4 Å². The Morgan fingerprint density at radius 3 is 2.90 bits per heavy atom. The fourth-order valence-electron chi connectivity index (χ4n) is 3.11. The minimum absolute atomic E-state index is 0.348. The van der Waals surface area contributed by atoms with E-state index in [2.05, 4.69) is 42.5 Å². The van der Waals surface area contributed by atoms with Crippen LogP contribution in [0.25, 0.3) is 11.5 Å². The van der Waals surface area contributed by atoms with E-state index in [0.29, 0.717) is 23.9 Å². The molecule has 1 aliphatic carbocycles. The molecule has 0 spiro atoms. The predicted octanol–water partition coefficient (Wildman–Crippen LogP) is 2.12. The highest BCUT2D eigenvalue weighted by molar-refractivity contribution is 9.10. The van der Waals surface area contributed by atoms with E-state index in [0.717, 1.165) is 35.1 Å². The number of nitrogens with zero attached hydrogens (tertiary/aromatic N) is 2. The van der Waals surface area contributed by atoms with Gasteiger partial charge in [-0.1, -0.05) is 17.3 Å². The topological polar surface area (TPSA) is 75.0 Å². The maximum atomic E-state index is 5.45. The molecule has 2 aliphatic rings. The summed E-state index contributed by atoms with van der Waals surface area (Å²) in [6.45, 7) is 0. The maximum absolute atomic E-state index is 5.45. The lowest BCUT2D eigenvalue weighted by Gasteiger charge is -2.28. The van der Waals surface area contributed by atoms with Crippen LogP contribution in [0.15, 0.2) is 33.3 Å². The van der Waals surface area contributed by atoms with Crippen molar-refractivity contribution in [3.63, 3.8) is 0 Å². The number of benzene rings is 1. The number of fused-ring (bicyclic) bond motifs is 1. The van der Waals surface area contributed by atoms with Crippen LogP contribution in [-0.4, -0.2) is 22.2 Å². The second-order valence-electron chi connectivity index (χ2n) is 5.57. The molecule has 1 aromatic carbocycles. The SMILES string of the molecule is Brc1ccccc1-c1nc(C2CCC3NNNC3C2)no1. The van der Waals surface area contributed by atoms with Gasteiger partial charge in [0.1, 0.15) is 0 Å². The number of nitrogens with one attached hydrogen (secondary N) is 3. The molecule has 1 saturated heterocycles. The molecular formula is C14H16BrN5O. The second-order valence-corrected chi connectivity index (χ2v) is 6.43. The molecule has 4 rings (SSSR count). The fraction of sp³-hybridized carbons (Fsp3) is 0.429. The summed E-state index contributed by atoms with van der Waals surface area (Å²) >= 11 is 3.52. The summed E-state index contributed by atoms with van der Waals surface area (Å²) in [5.74, 6) is 1.74. The number of hydrogen-bond acceptors (Lipinski definition) is 6. The molecule has 2 aromatic rings. The lowest BCUT2D eigenvalue weighted by atomic mass is 9.83. The molecule has 7 heteroatoms. The number of aromatic nitrogens is 2. The molecule has 3 atom stereocenters. The summed E-state index contributed by atoms with van der Waals surface area (Å²) in [6, 6.07) is 8.81. The maximum Gasteiger partial charge on any atom is 0.259 e. The molecule has 1 saturated carbocycles. The molecule has 3 N–H and O–H groups in total. The van der Waals surface area contributed by atoms with Gasteiger partial charge in [-0.25, -0.2) is 10.9 Å². The van der Waals surface area contributed by atoms with Crippen molar-refractivity contribution in [2.24, 2.45) is 0 Å². The van der Waals surface area contributed by atoms with Crippen molar-refractivity contribution >= 4 is 15.9 Å². The Bertz CT molecular complexity index is 646. The summed E-state index contributed by atoms with van der Waals surface area (Å²) < 4.78 is 6.42. The zero-order chi connectivity index (χ0) is 14.2. The van der Waals surface area contributed by atoms with Crippen molar-refractivity contribution in [1.29, 1.82) is 0 Å². The van der Waals surface area contributed by atoms with Gasteiger partial charge in [-0.15, -0.1) is 0 Å². The molecular weight excluding hydrogens is 334 g/mol. The van der Waals surface area contributed by atoms with Crippen LogP contribution >= 0.6 is 15.9 Å². The Morgan fingerprint density at radius 1 is 1.14 bits per heavy atom. The standard InChI is InChI=1S/C14H16BrN5O/c15-10-4-2-1-3-9(10)14-16-13(19-21-14)8-5-6-11-12(7-8)18-20-17-11/h1-4,8,11-12,17-18,20H,5-7H2. The Hall–Kier alpha value is -1.28. The van der Waals surface area contributed by atoms with Crippen molar-refractivity contribution < 1.29 is 4.52 Å². The third kappa shape index (κ3) is 2.50. The highest BCUT2D eigenvalue weighted by Crippen LogP contribution is 2.34. The summed E-state index contributed by atoms with van der Waals surface area (Å²) in [5.41, 5.74) is 10.4. The van der Waals surface area contributed by atoms with Crippen molar-refractivity contribution in [3.05, 3.63) is 34.6 Å². The van der Waals surface area contributed by atoms with Gasteiger partial charge in [0.2, 0.25) is 0 Å². The molecule has 2 heterocycles. The van der Waals surface area contributed by atoms with Gasteiger partial charge in [-0.05, 0) is 47.3 Å². The highest BCUT2D eigenvalue weighted by Gasteiger charge is 2.36. The zero-order valence-electron chi connectivity index (χ0n) is 11.3. The van der Waals surface area contributed by atoms with E-state index in [9.17, 15) is 0 Å². The van der Waals surface area contributed by atoms with E-state index in [1.165, 1.54) is 0 Å². The van der Waals surface area contributed by atoms with Crippen LogP contribution in [0.2, 0.25) is 0 Å². The van der Waals surface area contributed by atoms with E-state index in [1.807, 2.05) is 24.3 Å². The first kappa shape index (κ1) is 13.4. The van der Waals surface area contributed by atoms with Crippen molar-refractivity contribution in [2.45, 2.75) is 37.3 Å². The third-order valence-corrected chi connectivity index (χ3v) is 4.97. The van der Waals surface area contributed by atoms with Crippen LogP contribution in [0.4, 0.5) is 0 Å². The van der Waals surface area contributed by atoms with E-state index in [4.69, 9.17) is 4.52 Å². The first-order valence-corrected chi connectivity index (χ1v) is 7.95. The molecule has 0 amide bonds. The minimum atomic E-state index is 0.348. The van der Waals surface area contributed by atoms with Crippen LogP contribution in [0.3, 0.4) is 0 Å². The van der Waals surface area contributed by atoms with Crippen LogP contribution in [0.5, 0.6) is 0 Å². The number of halogens is 1. The molecule has 0 bridgehead atoms. The number of hydrogen-bond donors (Lipinski definition) is 3. The van der Waals surface area contributed by atoms with E-state index >= 15 is 0 Å². The number of rotatable bonds is 2. The van der Waals surface area contributed by atoms with Gasteiger partial charge in [-0.3, -0.25) is 0 Å². The first-order chi connectivity index (χ1) is 10.3. The first-order valence-electron chi connectivity index (χ1n) is 7.16. The zero-order valence-corrected chi connectivity index (χ0v) is 12.9. The van der Waals surface area contributed by atoms with E-state index < -0.39 is 0 Å². The highest BCUT2D eigenvalue weighted by atomic mass is 79.9. The Morgan fingerprint density at radius 2 is 2.00 bits per heavy atom. The van der Waals surface area contributed by atoms with Crippen molar-refractivity contribution in [1.82, 2.24) is 26.5 Å². The third-order valence-electron chi connectivity index (χ3n) is 4.28. The molecule has 3 unspecified atom stereocenters. The molecule has 0 radical (unpaired) electrons. The normalized spacial score (nSPS) is 28.5. The van der Waals surface area contributed by atoms with Crippen molar-refractivity contribution in [3.8, 4) is 11.5 Å². The summed E-state index contributed by atoms with van der Waals surface area (Å²) in [7, 11) is 0. The smallest absolute Gasteiger partial charge is 0.259 e. The summed E-state index contributed by atoms with van der Waals surface area (Å²) in [5, 5.41) is 4.20. The van der Waals surface area contributed by atoms with E-state index in [-0.39, 0.29) is 0 Å². The molecule has 1 aliphatic heterocycles. The molecule has 2 fully saturated rings. The lowest BCUT2D eigenvalue weighted by molar-refractivity contribution is 0.321. The van der Waals surface area contributed by atoms with Gasteiger partial charge >= 0.3 is 0 Å². The Kier molecular flexibility index (Phi) is 3.50. The average Bonchev–Trinajstić information content (AvgIpc) is 3.16. The average molecular weight is 350 g/mol. The quantitative estimate of drug-likeness (QED) is 0.771. The summed E-state index contributed by atoms with van der Waals surface area (Å²) in [6.07, 6.45) is 3.19. The Balaban J connectivity index is 1.56. The van der Waals surface area contributed by atoms with Gasteiger partial charge in [-0.2, -0.15) is 10.5 Å². The van der Waals surface area contributed by atoms with Crippen molar-refractivity contribution in [2.75, 3.05) is 0 Å². The minimum Gasteiger partial charge on any atom is -0.334 e. The van der Waals surface area contributed by atoms with Gasteiger partial charge < -0.3 is 4.52 Å². The molecule has 1 aromatic heterocycles. The molecule has 110 valence electrons. The van der Waals surface area contributed by atoms with Gasteiger partial charge in [0.25, 0.3) is 5.89 Å². The van der Waals surface area contributed by atoms with Gasteiger partial charge in [0.15, 0.2) is 5.82 Å².